The molecule has 1 aliphatic rings. The number of rotatable bonds is 2. The average Bonchev–Trinajstić information content (AvgIpc) is 2.74. The van der Waals surface area contributed by atoms with Gasteiger partial charge in [0.15, 0.2) is 5.17 Å². The molecule has 1 aromatic carbocycles. The lowest BCUT2D eigenvalue weighted by atomic mass is 10.1. The number of halogens is 3. The largest absolute Gasteiger partial charge is 0.416 e. The summed E-state index contributed by atoms with van der Waals surface area (Å²) in [6, 6.07) is 4.74. The van der Waals surface area contributed by atoms with E-state index in [-0.39, 0.29) is 17.2 Å². The van der Waals surface area contributed by atoms with Gasteiger partial charge in [0, 0.05) is 0 Å². The molecule has 1 aliphatic heterocycles. The Balaban J connectivity index is 2.09. The first-order valence-corrected chi connectivity index (χ1v) is 6.14. The van der Waals surface area contributed by atoms with Crippen molar-refractivity contribution in [3.05, 3.63) is 35.4 Å². The first kappa shape index (κ1) is 13.6. The lowest BCUT2D eigenvalue weighted by molar-refractivity contribution is -0.137. The van der Waals surface area contributed by atoms with Crippen LogP contribution in [-0.2, 0) is 11.0 Å². The second-order valence-corrected chi connectivity index (χ2v) is 4.57. The SMILES string of the molecule is O=C1CSC(=NN=Cc2cccc(C(F)(F)F)c2)N1. The molecule has 4 nitrogen and oxygen atoms in total. The highest BCUT2D eigenvalue weighted by molar-refractivity contribution is 8.15. The molecule has 1 N–H and O–H groups in total. The van der Waals surface area contributed by atoms with E-state index >= 15 is 0 Å². The van der Waals surface area contributed by atoms with Crippen molar-refractivity contribution in [1.82, 2.24) is 5.32 Å². The van der Waals surface area contributed by atoms with Gasteiger partial charge in [-0.1, -0.05) is 23.9 Å². The van der Waals surface area contributed by atoms with Gasteiger partial charge in [0.25, 0.3) is 0 Å². The number of hydrogen-bond donors (Lipinski definition) is 1. The molecule has 0 bridgehead atoms. The second kappa shape index (κ2) is 5.43. The van der Waals surface area contributed by atoms with Crippen molar-refractivity contribution in [3.63, 3.8) is 0 Å². The normalized spacial score (nSPS) is 18.3. The van der Waals surface area contributed by atoms with Gasteiger partial charge in [-0.2, -0.15) is 18.3 Å². The van der Waals surface area contributed by atoms with Crippen molar-refractivity contribution < 1.29 is 18.0 Å². The third-order valence-electron chi connectivity index (χ3n) is 2.16. The summed E-state index contributed by atoms with van der Waals surface area (Å²) < 4.78 is 37.4. The molecule has 19 heavy (non-hydrogen) atoms. The molecule has 0 aliphatic carbocycles. The van der Waals surface area contributed by atoms with Gasteiger partial charge in [-0.15, -0.1) is 5.10 Å². The number of alkyl halides is 3. The molecule has 0 radical (unpaired) electrons. The quantitative estimate of drug-likeness (QED) is 0.670. The van der Waals surface area contributed by atoms with Crippen LogP contribution in [-0.4, -0.2) is 23.0 Å². The van der Waals surface area contributed by atoms with Crippen LogP contribution in [0.4, 0.5) is 13.2 Å². The van der Waals surface area contributed by atoms with Crippen LogP contribution in [0.2, 0.25) is 0 Å². The Kier molecular flexibility index (Phi) is 3.89. The van der Waals surface area contributed by atoms with E-state index in [1.807, 2.05) is 0 Å². The molecule has 1 heterocycles. The molecular formula is C11H8F3N3OS. The zero-order valence-electron chi connectivity index (χ0n) is 9.44. The van der Waals surface area contributed by atoms with Gasteiger partial charge < -0.3 is 5.32 Å². The number of hydrogen-bond acceptors (Lipinski definition) is 4. The van der Waals surface area contributed by atoms with Crippen molar-refractivity contribution in [1.29, 1.82) is 0 Å². The lowest BCUT2D eigenvalue weighted by Crippen LogP contribution is -2.19. The third-order valence-corrected chi connectivity index (χ3v) is 3.02. The van der Waals surface area contributed by atoms with E-state index in [1.54, 1.807) is 0 Å². The minimum Gasteiger partial charge on any atom is -0.303 e. The minimum absolute atomic E-state index is 0.169. The molecule has 1 fully saturated rings. The van der Waals surface area contributed by atoms with Crippen LogP contribution >= 0.6 is 11.8 Å². The zero-order chi connectivity index (χ0) is 13.9. The highest BCUT2D eigenvalue weighted by Gasteiger charge is 2.30. The Morgan fingerprint density at radius 1 is 1.37 bits per heavy atom. The van der Waals surface area contributed by atoms with Crippen LogP contribution in [0, 0.1) is 0 Å². The standard InChI is InChI=1S/C11H8F3N3OS/c12-11(13,14)8-3-1-2-7(4-8)5-15-17-10-16-9(18)6-19-10/h1-5H,6H2,(H,16,17,18). The monoisotopic (exact) mass is 287 g/mol. The van der Waals surface area contributed by atoms with Crippen molar-refractivity contribution in [2.45, 2.75) is 6.18 Å². The molecular weight excluding hydrogens is 279 g/mol. The van der Waals surface area contributed by atoms with Crippen LogP contribution in [0.15, 0.2) is 34.5 Å². The fraction of sp³-hybridized carbons (Fsp3) is 0.182. The van der Waals surface area contributed by atoms with E-state index in [0.717, 1.165) is 12.1 Å². The number of nitrogens with one attached hydrogen (secondary N) is 1. The van der Waals surface area contributed by atoms with E-state index in [0.29, 0.717) is 5.17 Å². The molecule has 1 aromatic rings. The fourth-order valence-corrected chi connectivity index (χ4v) is 1.95. The Labute approximate surface area is 110 Å². The van der Waals surface area contributed by atoms with Gasteiger partial charge in [-0.3, -0.25) is 4.79 Å². The van der Waals surface area contributed by atoms with E-state index in [1.165, 1.54) is 30.1 Å². The molecule has 0 atom stereocenters. The van der Waals surface area contributed by atoms with E-state index in [4.69, 9.17) is 0 Å². The molecule has 1 amide bonds. The maximum absolute atomic E-state index is 12.5. The Morgan fingerprint density at radius 3 is 2.79 bits per heavy atom. The molecule has 1 saturated heterocycles. The number of thioether (sulfide) groups is 1. The summed E-state index contributed by atoms with van der Waals surface area (Å²) in [6.07, 6.45) is -3.18. The Morgan fingerprint density at radius 2 is 2.16 bits per heavy atom. The van der Waals surface area contributed by atoms with Crippen LogP contribution < -0.4 is 5.32 Å². The van der Waals surface area contributed by atoms with Crippen LogP contribution in [0.3, 0.4) is 0 Å². The molecule has 100 valence electrons. The summed E-state index contributed by atoms with van der Waals surface area (Å²) in [5, 5.41) is 10.1. The van der Waals surface area contributed by atoms with Crippen molar-refractivity contribution in [3.8, 4) is 0 Å². The fourth-order valence-electron chi connectivity index (χ4n) is 1.32. The number of nitrogens with zero attached hydrogens (tertiary/aromatic N) is 2. The van der Waals surface area contributed by atoms with Gasteiger partial charge in [-0.25, -0.2) is 0 Å². The topological polar surface area (TPSA) is 53.8 Å². The predicted molar refractivity (Wildman–Crippen MR) is 67.1 cm³/mol. The van der Waals surface area contributed by atoms with Gasteiger partial charge in [-0.05, 0) is 17.7 Å². The van der Waals surface area contributed by atoms with E-state index < -0.39 is 11.7 Å². The van der Waals surface area contributed by atoms with Gasteiger partial charge in [0.2, 0.25) is 5.91 Å². The van der Waals surface area contributed by atoms with E-state index in [9.17, 15) is 18.0 Å². The van der Waals surface area contributed by atoms with Crippen LogP contribution in [0.1, 0.15) is 11.1 Å². The van der Waals surface area contributed by atoms with Crippen molar-refractivity contribution in [2.75, 3.05) is 5.75 Å². The summed E-state index contributed by atoms with van der Waals surface area (Å²) in [5.74, 6) is 0.107. The predicted octanol–water partition coefficient (Wildman–Crippen LogP) is 2.26. The van der Waals surface area contributed by atoms with Gasteiger partial charge >= 0.3 is 6.18 Å². The number of carbonyl (C=O) groups is 1. The second-order valence-electron chi connectivity index (χ2n) is 3.61. The van der Waals surface area contributed by atoms with Crippen molar-refractivity contribution in [2.24, 2.45) is 10.2 Å². The zero-order valence-corrected chi connectivity index (χ0v) is 10.3. The molecule has 8 heteroatoms. The van der Waals surface area contributed by atoms with Crippen LogP contribution in [0.25, 0.3) is 0 Å². The smallest absolute Gasteiger partial charge is 0.303 e. The molecule has 0 saturated carbocycles. The number of amidine groups is 1. The number of amides is 1. The Bertz CT molecular complexity index is 554. The van der Waals surface area contributed by atoms with E-state index in [2.05, 4.69) is 15.5 Å². The molecule has 0 aromatic heterocycles. The summed E-state index contributed by atoms with van der Waals surface area (Å²) in [4.78, 5) is 10.9. The molecule has 0 unspecified atom stereocenters. The average molecular weight is 287 g/mol. The maximum atomic E-state index is 12.5. The third kappa shape index (κ3) is 3.82. The summed E-state index contributed by atoms with van der Waals surface area (Å²) in [7, 11) is 0. The van der Waals surface area contributed by atoms with Crippen LogP contribution in [0.5, 0.6) is 0 Å². The highest BCUT2D eigenvalue weighted by Crippen LogP contribution is 2.29. The number of benzene rings is 1. The maximum Gasteiger partial charge on any atom is 0.416 e. The van der Waals surface area contributed by atoms with Gasteiger partial charge in [0.1, 0.15) is 0 Å². The first-order chi connectivity index (χ1) is 8.95. The van der Waals surface area contributed by atoms with Gasteiger partial charge in [0.05, 0.1) is 17.5 Å². The summed E-state index contributed by atoms with van der Waals surface area (Å²) >= 11 is 1.19. The highest BCUT2D eigenvalue weighted by atomic mass is 32.2. The summed E-state index contributed by atoms with van der Waals surface area (Å²) in [5.41, 5.74) is -0.457. The van der Waals surface area contributed by atoms with Crippen molar-refractivity contribution >= 4 is 29.1 Å². The molecule has 0 spiro atoms. The number of carbonyl (C=O) groups excluding carboxylic acids is 1. The summed E-state index contributed by atoms with van der Waals surface area (Å²) in [6.45, 7) is 0. The lowest BCUT2D eigenvalue weighted by Gasteiger charge is -2.06. The Hall–Kier alpha value is -1.83. The first-order valence-electron chi connectivity index (χ1n) is 5.16. The molecule has 2 rings (SSSR count). The minimum atomic E-state index is -4.38.